The van der Waals surface area contributed by atoms with E-state index in [0.717, 1.165) is 39.1 Å². The lowest BCUT2D eigenvalue weighted by Gasteiger charge is -2.27. The minimum atomic E-state index is -0.186. The van der Waals surface area contributed by atoms with Crippen LogP contribution in [0.25, 0.3) is 10.8 Å². The molecule has 1 fully saturated rings. The van der Waals surface area contributed by atoms with Gasteiger partial charge >= 0.3 is 6.03 Å². The first-order valence-corrected chi connectivity index (χ1v) is 9.18. The van der Waals surface area contributed by atoms with Crippen molar-refractivity contribution in [2.24, 2.45) is 0 Å². The van der Waals surface area contributed by atoms with Crippen LogP contribution in [0.3, 0.4) is 0 Å². The molecule has 0 saturated carbocycles. The molecule has 0 atom stereocenters. The Morgan fingerprint density at radius 1 is 1.00 bits per heavy atom. The molecule has 25 heavy (non-hydrogen) atoms. The minimum absolute atomic E-state index is 0.0556. The van der Waals surface area contributed by atoms with Gasteiger partial charge in [0.15, 0.2) is 0 Å². The van der Waals surface area contributed by atoms with Gasteiger partial charge in [-0.25, -0.2) is 4.79 Å². The summed E-state index contributed by atoms with van der Waals surface area (Å²) in [5.41, 5.74) is 1.15. The molecule has 1 aliphatic rings. The van der Waals surface area contributed by atoms with Crippen molar-refractivity contribution in [1.82, 2.24) is 15.1 Å². The molecule has 1 aliphatic heterocycles. The Morgan fingerprint density at radius 2 is 1.76 bits per heavy atom. The van der Waals surface area contributed by atoms with E-state index in [1.54, 1.807) is 0 Å². The molecular weight excluding hydrogens is 310 g/mol. The number of hydrogen-bond donors (Lipinski definition) is 1. The smallest absolute Gasteiger partial charge is 0.317 e. The second-order valence-corrected chi connectivity index (χ2v) is 7.98. The van der Waals surface area contributed by atoms with Gasteiger partial charge in [0.2, 0.25) is 0 Å². The fraction of sp³-hybridized carbons (Fsp3) is 0.476. The van der Waals surface area contributed by atoms with Crippen molar-refractivity contribution < 1.29 is 4.79 Å². The quantitative estimate of drug-likeness (QED) is 0.902. The first kappa shape index (κ1) is 17.7. The summed E-state index contributed by atoms with van der Waals surface area (Å²) in [6.45, 7) is 10.6. The van der Waals surface area contributed by atoms with Crippen molar-refractivity contribution in [3.05, 3.63) is 48.0 Å². The molecule has 4 heteroatoms. The normalized spacial score (nSPS) is 16.7. The van der Waals surface area contributed by atoms with Crippen molar-refractivity contribution in [2.45, 2.75) is 39.3 Å². The molecule has 3 rings (SSSR count). The minimum Gasteiger partial charge on any atom is -0.333 e. The fourth-order valence-electron chi connectivity index (χ4n) is 3.33. The number of nitrogens with zero attached hydrogens (tertiary/aromatic N) is 2. The monoisotopic (exact) mass is 339 g/mol. The maximum absolute atomic E-state index is 12.4. The molecule has 0 unspecified atom stereocenters. The van der Waals surface area contributed by atoms with Crippen LogP contribution in [0.4, 0.5) is 4.79 Å². The summed E-state index contributed by atoms with van der Waals surface area (Å²) in [5, 5.41) is 5.65. The number of benzene rings is 2. The molecular formula is C21H29N3O. The van der Waals surface area contributed by atoms with Gasteiger partial charge in [-0.05, 0) is 49.6 Å². The summed E-state index contributed by atoms with van der Waals surface area (Å²) in [7, 11) is 0. The number of nitrogens with one attached hydrogen (secondary N) is 1. The highest BCUT2D eigenvalue weighted by Crippen LogP contribution is 2.17. The van der Waals surface area contributed by atoms with Gasteiger partial charge in [-0.1, -0.05) is 36.4 Å². The molecule has 2 aromatic carbocycles. The summed E-state index contributed by atoms with van der Waals surface area (Å²) in [4.78, 5) is 16.8. The molecule has 0 aliphatic carbocycles. The van der Waals surface area contributed by atoms with Crippen LogP contribution in [0, 0.1) is 0 Å². The van der Waals surface area contributed by atoms with E-state index in [1.807, 2.05) is 25.7 Å². The molecule has 0 bridgehead atoms. The Labute approximate surface area is 150 Å². The van der Waals surface area contributed by atoms with E-state index in [4.69, 9.17) is 0 Å². The van der Waals surface area contributed by atoms with Crippen LogP contribution < -0.4 is 5.32 Å². The van der Waals surface area contributed by atoms with Gasteiger partial charge < -0.3 is 10.2 Å². The van der Waals surface area contributed by atoms with Crippen LogP contribution in [0.1, 0.15) is 32.8 Å². The zero-order chi connectivity index (χ0) is 17.9. The third kappa shape index (κ3) is 4.95. The summed E-state index contributed by atoms with van der Waals surface area (Å²) < 4.78 is 0. The summed E-state index contributed by atoms with van der Waals surface area (Å²) in [6.07, 6.45) is 1.02. The Hall–Kier alpha value is -2.07. The average molecular weight is 339 g/mol. The van der Waals surface area contributed by atoms with E-state index < -0.39 is 0 Å². The Balaban J connectivity index is 1.60. The molecule has 0 radical (unpaired) electrons. The summed E-state index contributed by atoms with van der Waals surface area (Å²) in [6, 6.07) is 15.2. The lowest BCUT2D eigenvalue weighted by molar-refractivity contribution is 0.188. The van der Waals surface area contributed by atoms with Gasteiger partial charge in [0.1, 0.15) is 0 Å². The van der Waals surface area contributed by atoms with Gasteiger partial charge in [-0.2, -0.15) is 0 Å². The number of carbonyl (C=O) groups excluding carboxylic acids is 1. The van der Waals surface area contributed by atoms with Gasteiger partial charge in [0.05, 0.1) is 0 Å². The van der Waals surface area contributed by atoms with Crippen LogP contribution in [0.5, 0.6) is 0 Å². The third-order valence-corrected chi connectivity index (χ3v) is 4.58. The van der Waals surface area contributed by atoms with Gasteiger partial charge in [0.25, 0.3) is 0 Å². The molecule has 2 amide bonds. The number of carbonyl (C=O) groups is 1. The van der Waals surface area contributed by atoms with Crippen LogP contribution in [-0.2, 0) is 6.54 Å². The Bertz CT molecular complexity index is 735. The number of hydrogen-bond acceptors (Lipinski definition) is 2. The molecule has 1 saturated heterocycles. The maximum atomic E-state index is 12.4. The van der Waals surface area contributed by atoms with E-state index in [2.05, 4.69) is 52.7 Å². The zero-order valence-electron chi connectivity index (χ0n) is 15.6. The second kappa shape index (κ2) is 7.44. The molecule has 0 aromatic heterocycles. The largest absolute Gasteiger partial charge is 0.333 e. The summed E-state index contributed by atoms with van der Waals surface area (Å²) >= 11 is 0. The van der Waals surface area contributed by atoms with Crippen LogP contribution >= 0.6 is 0 Å². The van der Waals surface area contributed by atoms with Crippen molar-refractivity contribution in [3.63, 3.8) is 0 Å². The number of fused-ring (bicyclic) bond motifs is 1. The molecule has 2 aromatic rings. The highest BCUT2D eigenvalue weighted by Gasteiger charge is 2.22. The van der Waals surface area contributed by atoms with Crippen molar-refractivity contribution in [2.75, 3.05) is 26.2 Å². The van der Waals surface area contributed by atoms with Gasteiger partial charge in [0, 0.05) is 38.3 Å². The van der Waals surface area contributed by atoms with E-state index in [-0.39, 0.29) is 11.6 Å². The highest BCUT2D eigenvalue weighted by molar-refractivity contribution is 5.83. The topological polar surface area (TPSA) is 35.6 Å². The SMILES string of the molecule is CC(C)(C)NC(=O)N1CCCN(Cc2ccc3ccccc3c2)CC1. The number of urea groups is 1. The first-order valence-electron chi connectivity index (χ1n) is 9.18. The van der Waals surface area contributed by atoms with Crippen LogP contribution in [0.2, 0.25) is 0 Å². The predicted octanol–water partition coefficient (Wildman–Crippen LogP) is 3.86. The molecule has 134 valence electrons. The first-order chi connectivity index (χ1) is 11.9. The lowest BCUT2D eigenvalue weighted by atomic mass is 10.1. The van der Waals surface area contributed by atoms with E-state index in [0.29, 0.717) is 0 Å². The maximum Gasteiger partial charge on any atom is 0.317 e. The average Bonchev–Trinajstić information content (AvgIpc) is 2.79. The third-order valence-electron chi connectivity index (χ3n) is 4.58. The Morgan fingerprint density at radius 3 is 2.52 bits per heavy atom. The van der Waals surface area contributed by atoms with Crippen LogP contribution in [-0.4, -0.2) is 47.5 Å². The Kier molecular flexibility index (Phi) is 5.28. The lowest BCUT2D eigenvalue weighted by Crippen LogP contribution is -2.49. The predicted molar refractivity (Wildman–Crippen MR) is 104 cm³/mol. The number of amides is 2. The summed E-state index contributed by atoms with van der Waals surface area (Å²) in [5.74, 6) is 0. The molecule has 4 nitrogen and oxygen atoms in total. The standard InChI is InChI=1S/C21H29N3O/c1-21(2,3)22-20(25)24-12-6-11-23(13-14-24)16-17-9-10-18-7-4-5-8-19(18)15-17/h4-5,7-10,15H,6,11-14,16H2,1-3H3,(H,22,25). The van der Waals surface area contributed by atoms with Crippen molar-refractivity contribution in [3.8, 4) is 0 Å². The second-order valence-electron chi connectivity index (χ2n) is 7.98. The van der Waals surface area contributed by atoms with E-state index >= 15 is 0 Å². The molecule has 0 spiro atoms. The van der Waals surface area contributed by atoms with Gasteiger partial charge in [-0.15, -0.1) is 0 Å². The molecule has 1 N–H and O–H groups in total. The van der Waals surface area contributed by atoms with E-state index in [1.165, 1.54) is 16.3 Å². The highest BCUT2D eigenvalue weighted by atomic mass is 16.2. The van der Waals surface area contributed by atoms with Gasteiger partial charge in [-0.3, -0.25) is 4.90 Å². The zero-order valence-corrected chi connectivity index (χ0v) is 15.6. The fourth-order valence-corrected chi connectivity index (χ4v) is 3.33. The number of rotatable bonds is 2. The van der Waals surface area contributed by atoms with Crippen molar-refractivity contribution >= 4 is 16.8 Å². The van der Waals surface area contributed by atoms with Crippen LogP contribution in [0.15, 0.2) is 42.5 Å². The molecule has 1 heterocycles. The van der Waals surface area contributed by atoms with E-state index in [9.17, 15) is 4.79 Å². The van der Waals surface area contributed by atoms with Crippen molar-refractivity contribution in [1.29, 1.82) is 0 Å².